The van der Waals surface area contributed by atoms with Crippen molar-refractivity contribution >= 4 is 39.3 Å². The molecule has 0 saturated heterocycles. The molecule has 3 rings (SSSR count). The molecule has 7 heteroatoms. The first-order valence-electron chi connectivity index (χ1n) is 12.3. The summed E-state index contributed by atoms with van der Waals surface area (Å²) in [5.41, 5.74) is 2.07. The summed E-state index contributed by atoms with van der Waals surface area (Å²) in [7, 11) is 0. The predicted molar refractivity (Wildman–Crippen MR) is 145 cm³/mol. The van der Waals surface area contributed by atoms with Gasteiger partial charge in [-0.25, -0.2) is 0 Å². The minimum atomic E-state index is -0.629. The van der Waals surface area contributed by atoms with E-state index in [0.29, 0.717) is 17.3 Å². The highest BCUT2D eigenvalue weighted by Crippen LogP contribution is 2.31. The number of ether oxygens (including phenoxy) is 1. The summed E-state index contributed by atoms with van der Waals surface area (Å²) in [6, 6.07) is 12.8. The standard InChI is InChI=1S/C28H36BrClN2O3/c1-19(27(34)31-23-8-6-5-7-9-23)32(17-20-10-13-22(30)14-11-20)26(33)18-35-25-15-12-21(16-24(25)29)28(2,3)4/h10-16,19,23H,5-9,17-18H2,1-4H3,(H,31,34)/t19-/m1/s1. The minimum absolute atomic E-state index is 0.00732. The predicted octanol–water partition coefficient (Wildman–Crippen LogP) is 6.65. The van der Waals surface area contributed by atoms with Crippen LogP contribution in [0.3, 0.4) is 0 Å². The monoisotopic (exact) mass is 562 g/mol. The SMILES string of the molecule is C[C@H](C(=O)NC1CCCCC1)N(Cc1ccc(Cl)cc1)C(=O)COc1ccc(C(C)(C)C)cc1Br. The maximum absolute atomic E-state index is 13.3. The second kappa shape index (κ2) is 12.3. The molecule has 1 atom stereocenters. The summed E-state index contributed by atoms with van der Waals surface area (Å²) in [5, 5.41) is 3.78. The quantitative estimate of drug-likeness (QED) is 0.391. The molecular weight excluding hydrogens is 528 g/mol. The Morgan fingerprint density at radius 1 is 1.11 bits per heavy atom. The van der Waals surface area contributed by atoms with E-state index in [1.807, 2.05) is 30.3 Å². The highest BCUT2D eigenvalue weighted by Gasteiger charge is 2.28. The van der Waals surface area contributed by atoms with Crippen LogP contribution in [0.2, 0.25) is 5.02 Å². The molecule has 1 fully saturated rings. The fourth-order valence-electron chi connectivity index (χ4n) is 4.24. The molecule has 5 nitrogen and oxygen atoms in total. The first kappa shape index (κ1) is 27.5. The van der Waals surface area contributed by atoms with Gasteiger partial charge in [-0.15, -0.1) is 0 Å². The zero-order valence-electron chi connectivity index (χ0n) is 21.1. The number of hydrogen-bond acceptors (Lipinski definition) is 3. The highest BCUT2D eigenvalue weighted by atomic mass is 79.9. The van der Waals surface area contributed by atoms with Gasteiger partial charge in [0.2, 0.25) is 5.91 Å². The van der Waals surface area contributed by atoms with Gasteiger partial charge in [-0.1, -0.05) is 69.8 Å². The second-order valence-corrected chi connectivity index (χ2v) is 11.6. The van der Waals surface area contributed by atoms with Crippen molar-refractivity contribution in [3.63, 3.8) is 0 Å². The number of benzene rings is 2. The molecule has 0 heterocycles. The van der Waals surface area contributed by atoms with Crippen molar-refractivity contribution in [2.24, 2.45) is 0 Å². The van der Waals surface area contributed by atoms with Crippen LogP contribution in [0, 0.1) is 0 Å². The molecule has 0 radical (unpaired) electrons. The van der Waals surface area contributed by atoms with Gasteiger partial charge in [0.1, 0.15) is 11.8 Å². The lowest BCUT2D eigenvalue weighted by atomic mass is 9.87. The molecule has 0 aliphatic heterocycles. The smallest absolute Gasteiger partial charge is 0.261 e. The number of carbonyl (C=O) groups is 2. The molecule has 0 bridgehead atoms. The average Bonchev–Trinajstić information content (AvgIpc) is 2.82. The number of rotatable bonds is 8. The van der Waals surface area contributed by atoms with Crippen LogP contribution >= 0.6 is 27.5 Å². The number of nitrogens with zero attached hydrogens (tertiary/aromatic N) is 1. The van der Waals surface area contributed by atoms with Crippen LogP contribution in [0.25, 0.3) is 0 Å². The molecule has 2 amide bonds. The Morgan fingerprint density at radius 2 is 1.77 bits per heavy atom. The van der Waals surface area contributed by atoms with Gasteiger partial charge in [0.05, 0.1) is 4.47 Å². The van der Waals surface area contributed by atoms with E-state index in [4.69, 9.17) is 16.3 Å². The Balaban J connectivity index is 1.72. The van der Waals surface area contributed by atoms with Crippen molar-refractivity contribution in [2.75, 3.05) is 6.61 Å². The van der Waals surface area contributed by atoms with Crippen molar-refractivity contribution in [3.05, 3.63) is 63.1 Å². The molecule has 190 valence electrons. The Hall–Kier alpha value is -2.05. The van der Waals surface area contributed by atoms with E-state index in [2.05, 4.69) is 42.0 Å². The van der Waals surface area contributed by atoms with Crippen LogP contribution in [-0.2, 0) is 21.5 Å². The number of carbonyl (C=O) groups excluding carboxylic acids is 2. The summed E-state index contributed by atoms with van der Waals surface area (Å²) in [6.45, 7) is 8.35. The van der Waals surface area contributed by atoms with Gasteiger partial charge in [0.15, 0.2) is 6.61 Å². The van der Waals surface area contributed by atoms with Crippen LogP contribution in [0.1, 0.15) is 70.9 Å². The zero-order valence-corrected chi connectivity index (χ0v) is 23.4. The number of hydrogen-bond donors (Lipinski definition) is 1. The van der Waals surface area contributed by atoms with Gasteiger partial charge in [-0.3, -0.25) is 9.59 Å². The van der Waals surface area contributed by atoms with Gasteiger partial charge >= 0.3 is 0 Å². The van der Waals surface area contributed by atoms with Crippen LogP contribution in [0.4, 0.5) is 0 Å². The molecule has 35 heavy (non-hydrogen) atoms. The molecule has 0 aromatic heterocycles. The zero-order chi connectivity index (χ0) is 25.6. The van der Waals surface area contributed by atoms with E-state index in [0.717, 1.165) is 35.7 Å². The number of nitrogens with one attached hydrogen (secondary N) is 1. The summed E-state index contributed by atoms with van der Waals surface area (Å²) in [5.74, 6) is 0.213. The first-order valence-corrected chi connectivity index (χ1v) is 13.5. The van der Waals surface area contributed by atoms with E-state index < -0.39 is 6.04 Å². The molecular formula is C28H36BrClN2O3. The molecule has 0 spiro atoms. The fourth-order valence-corrected chi connectivity index (χ4v) is 4.86. The van der Waals surface area contributed by atoms with E-state index in [1.54, 1.807) is 24.0 Å². The number of amides is 2. The molecule has 1 aliphatic carbocycles. The Labute approximate surface area is 222 Å². The maximum atomic E-state index is 13.3. The van der Waals surface area contributed by atoms with Crippen LogP contribution in [-0.4, -0.2) is 35.4 Å². The van der Waals surface area contributed by atoms with Crippen molar-refractivity contribution in [1.82, 2.24) is 10.2 Å². The molecule has 2 aromatic carbocycles. The average molecular weight is 564 g/mol. The van der Waals surface area contributed by atoms with Crippen molar-refractivity contribution in [3.8, 4) is 5.75 Å². The Kier molecular flexibility index (Phi) is 9.65. The van der Waals surface area contributed by atoms with E-state index in [-0.39, 0.29) is 29.9 Å². The van der Waals surface area contributed by atoms with Gasteiger partial charge in [0, 0.05) is 17.6 Å². The molecule has 1 N–H and O–H groups in total. The Bertz CT molecular complexity index is 1010. The number of halogens is 2. The summed E-state index contributed by atoms with van der Waals surface area (Å²) in [6.07, 6.45) is 5.45. The van der Waals surface area contributed by atoms with E-state index >= 15 is 0 Å². The topological polar surface area (TPSA) is 58.6 Å². The van der Waals surface area contributed by atoms with Gasteiger partial charge in [-0.2, -0.15) is 0 Å². The van der Waals surface area contributed by atoms with Gasteiger partial charge < -0.3 is 15.0 Å². The minimum Gasteiger partial charge on any atom is -0.483 e. The van der Waals surface area contributed by atoms with Crippen molar-refractivity contribution in [1.29, 1.82) is 0 Å². The third-order valence-corrected chi connectivity index (χ3v) is 7.41. The fraction of sp³-hybridized carbons (Fsp3) is 0.500. The van der Waals surface area contributed by atoms with E-state index in [1.165, 1.54) is 12.0 Å². The van der Waals surface area contributed by atoms with Crippen LogP contribution in [0.5, 0.6) is 5.75 Å². The summed E-state index contributed by atoms with van der Waals surface area (Å²) in [4.78, 5) is 28.0. The molecule has 1 aliphatic rings. The molecule has 2 aromatic rings. The summed E-state index contributed by atoms with van der Waals surface area (Å²) >= 11 is 9.60. The lowest BCUT2D eigenvalue weighted by molar-refractivity contribution is -0.142. The first-order chi connectivity index (χ1) is 16.5. The summed E-state index contributed by atoms with van der Waals surface area (Å²) < 4.78 is 6.69. The lowest BCUT2D eigenvalue weighted by Gasteiger charge is -2.31. The normalized spacial score (nSPS) is 15.4. The van der Waals surface area contributed by atoms with Crippen molar-refractivity contribution < 1.29 is 14.3 Å². The third kappa shape index (κ3) is 7.97. The molecule has 1 saturated carbocycles. The van der Waals surface area contributed by atoms with Gasteiger partial charge in [0.25, 0.3) is 5.91 Å². The Morgan fingerprint density at radius 3 is 2.37 bits per heavy atom. The van der Waals surface area contributed by atoms with Gasteiger partial charge in [-0.05, 0) is 76.5 Å². The lowest BCUT2D eigenvalue weighted by Crippen LogP contribution is -2.51. The van der Waals surface area contributed by atoms with Crippen molar-refractivity contribution in [2.45, 2.75) is 83.8 Å². The van der Waals surface area contributed by atoms with Crippen LogP contribution in [0.15, 0.2) is 46.9 Å². The largest absolute Gasteiger partial charge is 0.483 e. The van der Waals surface area contributed by atoms with E-state index in [9.17, 15) is 9.59 Å². The maximum Gasteiger partial charge on any atom is 0.261 e. The van der Waals surface area contributed by atoms with Crippen LogP contribution < -0.4 is 10.1 Å². The third-order valence-electron chi connectivity index (χ3n) is 6.53. The highest BCUT2D eigenvalue weighted by molar-refractivity contribution is 9.10. The second-order valence-electron chi connectivity index (χ2n) is 10.4. The molecule has 0 unspecified atom stereocenters.